The van der Waals surface area contributed by atoms with Crippen molar-refractivity contribution in [1.29, 1.82) is 0 Å². The number of phenolic OH excluding ortho intramolecular Hbond substituents is 1. The van der Waals surface area contributed by atoms with Gasteiger partial charge in [-0.3, -0.25) is 24.2 Å². The Labute approximate surface area is 340 Å². The second-order valence-electron chi connectivity index (χ2n) is 14.0. The van der Waals surface area contributed by atoms with Crippen molar-refractivity contribution in [1.82, 2.24) is 36.2 Å². The molecule has 0 saturated heterocycles. The average molecular weight is 807 g/mol. The number of nitrogens with two attached hydrogens (primary N) is 1. The minimum atomic E-state index is -1.17. The van der Waals surface area contributed by atoms with Crippen molar-refractivity contribution in [2.45, 2.75) is 56.7 Å². The number of aromatic amines is 2. The molecule has 3 atom stereocenters. The van der Waals surface area contributed by atoms with Crippen molar-refractivity contribution in [3.05, 3.63) is 125 Å². The monoisotopic (exact) mass is 806 g/mol. The lowest BCUT2D eigenvalue weighted by molar-refractivity contribution is -0.133. The lowest BCUT2D eigenvalue weighted by Gasteiger charge is -2.26. The van der Waals surface area contributed by atoms with Crippen LogP contribution in [-0.2, 0) is 44.9 Å². The van der Waals surface area contributed by atoms with E-state index >= 15 is 0 Å². The Kier molecular flexibility index (Phi) is 14.0. The van der Waals surface area contributed by atoms with Gasteiger partial charge in [-0.2, -0.15) is 0 Å². The minimum Gasteiger partial charge on any atom is -0.508 e. The maximum absolute atomic E-state index is 14.3. The number of ether oxygens (including phenoxy) is 1. The van der Waals surface area contributed by atoms with Gasteiger partial charge in [0, 0.05) is 83.8 Å². The number of rotatable bonds is 19. The summed E-state index contributed by atoms with van der Waals surface area (Å²) in [6.45, 7) is 0.579. The van der Waals surface area contributed by atoms with Gasteiger partial charge in [0.1, 0.15) is 29.6 Å². The summed E-state index contributed by atoms with van der Waals surface area (Å²) in [6, 6.07) is 17.7. The van der Waals surface area contributed by atoms with E-state index in [9.17, 15) is 24.3 Å². The first-order chi connectivity index (χ1) is 28.1. The van der Waals surface area contributed by atoms with E-state index < -0.39 is 35.8 Å². The molecule has 0 spiro atoms. The third-order valence-electron chi connectivity index (χ3n) is 9.91. The Morgan fingerprint density at radius 1 is 0.759 bits per heavy atom. The molecule has 0 fully saturated rings. The third-order valence-corrected chi connectivity index (χ3v) is 10.2. The Morgan fingerprint density at radius 2 is 1.36 bits per heavy atom. The molecule has 0 aliphatic rings. The molecule has 6 aromatic rings. The Balaban J connectivity index is 1.23. The molecule has 9 N–H and O–H groups in total. The fourth-order valence-corrected chi connectivity index (χ4v) is 6.93. The van der Waals surface area contributed by atoms with Crippen LogP contribution in [0.3, 0.4) is 0 Å². The van der Waals surface area contributed by atoms with E-state index in [1.807, 2.05) is 24.4 Å². The molecule has 4 amide bonds. The molecule has 302 valence electrons. The van der Waals surface area contributed by atoms with Crippen LogP contribution < -0.4 is 31.7 Å². The molecule has 0 radical (unpaired) electrons. The van der Waals surface area contributed by atoms with E-state index in [1.54, 1.807) is 80.3 Å². The van der Waals surface area contributed by atoms with Crippen LogP contribution in [0.15, 0.2) is 97.6 Å². The molecule has 3 aromatic carbocycles. The first kappa shape index (κ1) is 41.3. The summed E-state index contributed by atoms with van der Waals surface area (Å²) in [4.78, 5) is 65.9. The molecule has 58 heavy (non-hydrogen) atoms. The Morgan fingerprint density at radius 3 is 2.03 bits per heavy atom. The number of fused-ring (bicyclic) bond motifs is 2. The second-order valence-corrected chi connectivity index (χ2v) is 14.5. The maximum atomic E-state index is 14.3. The SMILES string of the molecule is COc1ccc2[nH]cc(CCNC(=O)[C@H](Cc3ccncc3)NC(=O)[C@H](Cc3ccc(Cl)cc3)NC(=O)C(Cc3c[nH]c4ccc(O)cc34)NC(=O)CCCN)c2c1. The highest BCUT2D eigenvalue weighted by Crippen LogP contribution is 2.25. The number of carbonyl (C=O) groups is 4. The van der Waals surface area contributed by atoms with Crippen LogP contribution in [0.4, 0.5) is 0 Å². The first-order valence-corrected chi connectivity index (χ1v) is 19.4. The van der Waals surface area contributed by atoms with Crippen LogP contribution in [0.2, 0.25) is 5.02 Å². The summed E-state index contributed by atoms with van der Waals surface area (Å²) >= 11 is 6.17. The van der Waals surface area contributed by atoms with Gasteiger partial charge >= 0.3 is 0 Å². The molecule has 6 rings (SSSR count). The molecular formula is C43H47ClN8O6. The largest absolute Gasteiger partial charge is 0.508 e. The van der Waals surface area contributed by atoms with Gasteiger partial charge in [0.25, 0.3) is 0 Å². The smallest absolute Gasteiger partial charge is 0.243 e. The summed E-state index contributed by atoms with van der Waals surface area (Å²) < 4.78 is 5.39. The van der Waals surface area contributed by atoms with Gasteiger partial charge in [-0.15, -0.1) is 0 Å². The summed E-state index contributed by atoms with van der Waals surface area (Å²) in [7, 11) is 1.61. The van der Waals surface area contributed by atoms with Crippen molar-refractivity contribution in [2.24, 2.45) is 5.73 Å². The number of benzene rings is 3. The highest BCUT2D eigenvalue weighted by Gasteiger charge is 2.31. The van der Waals surface area contributed by atoms with E-state index in [1.165, 1.54) is 0 Å². The number of aromatic hydroxyl groups is 1. The fourth-order valence-electron chi connectivity index (χ4n) is 6.80. The molecule has 0 aliphatic carbocycles. The average Bonchev–Trinajstić information content (AvgIpc) is 3.82. The highest BCUT2D eigenvalue weighted by atomic mass is 35.5. The molecule has 3 aromatic heterocycles. The number of aromatic nitrogens is 3. The van der Waals surface area contributed by atoms with Crippen LogP contribution in [0.25, 0.3) is 21.8 Å². The predicted octanol–water partition coefficient (Wildman–Crippen LogP) is 3.99. The third kappa shape index (κ3) is 10.9. The van der Waals surface area contributed by atoms with Crippen LogP contribution >= 0.6 is 11.6 Å². The van der Waals surface area contributed by atoms with E-state index in [0.29, 0.717) is 40.9 Å². The van der Waals surface area contributed by atoms with Gasteiger partial charge in [0.15, 0.2) is 0 Å². The van der Waals surface area contributed by atoms with E-state index in [4.69, 9.17) is 22.1 Å². The number of hydrogen-bond acceptors (Lipinski definition) is 8. The molecule has 14 nitrogen and oxygen atoms in total. The topological polar surface area (TPSA) is 216 Å². The highest BCUT2D eigenvalue weighted by molar-refractivity contribution is 6.30. The fraction of sp³-hybridized carbons (Fsp3) is 0.279. The van der Waals surface area contributed by atoms with E-state index in [2.05, 4.69) is 36.2 Å². The minimum absolute atomic E-state index is 0.0463. The van der Waals surface area contributed by atoms with Gasteiger partial charge in [-0.05, 0) is 102 Å². The number of methoxy groups -OCH3 is 1. The van der Waals surface area contributed by atoms with Gasteiger partial charge in [0.2, 0.25) is 23.6 Å². The molecule has 0 saturated carbocycles. The number of halogens is 1. The number of hydrogen-bond donors (Lipinski definition) is 8. The molecule has 0 aliphatic heterocycles. The van der Waals surface area contributed by atoms with Crippen LogP contribution in [0.1, 0.15) is 35.1 Å². The van der Waals surface area contributed by atoms with Crippen molar-refractivity contribution < 1.29 is 29.0 Å². The summed E-state index contributed by atoms with van der Waals surface area (Å²) in [5.74, 6) is -1.25. The zero-order valence-corrected chi connectivity index (χ0v) is 32.8. The van der Waals surface area contributed by atoms with Crippen LogP contribution in [0.5, 0.6) is 11.5 Å². The van der Waals surface area contributed by atoms with Crippen molar-refractivity contribution in [3.8, 4) is 11.5 Å². The quantitative estimate of drug-likeness (QED) is 0.0598. The van der Waals surface area contributed by atoms with E-state index in [0.717, 1.165) is 33.3 Å². The number of H-pyrrole nitrogens is 2. The molecular weight excluding hydrogens is 760 g/mol. The lowest BCUT2D eigenvalue weighted by atomic mass is 10.0. The second kappa shape index (κ2) is 19.7. The number of amides is 4. The number of phenols is 1. The van der Waals surface area contributed by atoms with Crippen molar-refractivity contribution in [3.63, 3.8) is 0 Å². The normalized spacial score (nSPS) is 12.7. The maximum Gasteiger partial charge on any atom is 0.243 e. The number of carbonyl (C=O) groups excluding carboxylic acids is 4. The van der Waals surface area contributed by atoms with Gasteiger partial charge in [-0.25, -0.2) is 0 Å². The zero-order chi connectivity index (χ0) is 41.0. The Bertz CT molecular complexity index is 2350. The lowest BCUT2D eigenvalue weighted by Crippen LogP contribution is -2.58. The Hall–Kier alpha value is -6.38. The zero-order valence-electron chi connectivity index (χ0n) is 32.0. The summed E-state index contributed by atoms with van der Waals surface area (Å²) in [5.41, 5.74) is 10.5. The van der Waals surface area contributed by atoms with Gasteiger partial charge in [0.05, 0.1) is 7.11 Å². The summed E-state index contributed by atoms with van der Waals surface area (Å²) in [6.07, 6.45) is 8.11. The first-order valence-electron chi connectivity index (χ1n) is 19.0. The van der Waals surface area contributed by atoms with Gasteiger partial charge in [-0.1, -0.05) is 23.7 Å². The van der Waals surface area contributed by atoms with Crippen molar-refractivity contribution in [2.75, 3.05) is 20.2 Å². The molecule has 15 heteroatoms. The molecule has 1 unspecified atom stereocenters. The van der Waals surface area contributed by atoms with Gasteiger partial charge < -0.3 is 46.8 Å². The number of nitrogens with zero attached hydrogens (tertiary/aromatic N) is 1. The number of nitrogens with one attached hydrogen (secondary N) is 6. The van der Waals surface area contributed by atoms with Crippen molar-refractivity contribution >= 4 is 57.0 Å². The van der Waals surface area contributed by atoms with Crippen LogP contribution in [-0.4, -0.2) is 82.0 Å². The van der Waals surface area contributed by atoms with E-state index in [-0.39, 0.29) is 43.9 Å². The molecule has 3 heterocycles. The predicted molar refractivity (Wildman–Crippen MR) is 222 cm³/mol. The standard InChI is InChI=1S/C43H47ClN8O6/c1-58-32-9-11-36-34(23-32)28(24-48-36)14-18-47-41(55)37(20-27-12-16-46-17-13-27)51-42(56)38(19-26-4-6-30(44)7-5-26)52-43(57)39(50-40(54)3-2-15-45)21-29-25-49-35-10-8-31(53)22-33(29)35/h4-13,16-17,22-25,37-39,48-49,53H,2-3,14-15,18-21,45H2,1H3,(H,47,55)(H,50,54)(H,51,56)(H,52,57)/t37-,38-,39?/m0/s1. The number of pyridine rings is 1. The summed E-state index contributed by atoms with van der Waals surface area (Å²) in [5, 5.41) is 23.9. The molecule has 0 bridgehead atoms. The van der Waals surface area contributed by atoms with Crippen LogP contribution in [0, 0.1) is 0 Å².